The highest BCUT2D eigenvalue weighted by Gasteiger charge is 2.23. The first-order chi connectivity index (χ1) is 12.2. The molecule has 0 saturated carbocycles. The van der Waals surface area contributed by atoms with Crippen LogP contribution in [0.15, 0.2) is 24.3 Å². The smallest absolute Gasteiger partial charge is 0.319 e. The van der Waals surface area contributed by atoms with Gasteiger partial charge < -0.3 is 20.7 Å². The second-order valence-corrected chi connectivity index (χ2v) is 6.49. The molecule has 3 N–H and O–H groups in total. The van der Waals surface area contributed by atoms with E-state index in [-0.39, 0.29) is 11.9 Å². The lowest BCUT2D eigenvalue weighted by Gasteiger charge is -2.26. The third-order valence-corrected chi connectivity index (χ3v) is 4.62. The molecule has 25 heavy (non-hydrogen) atoms. The summed E-state index contributed by atoms with van der Waals surface area (Å²) < 4.78 is 5.35. The molecule has 2 fully saturated rings. The van der Waals surface area contributed by atoms with Crippen molar-refractivity contribution in [3.63, 3.8) is 0 Å². The van der Waals surface area contributed by atoms with E-state index in [1.54, 1.807) is 0 Å². The first kappa shape index (κ1) is 17.7. The Labute approximate surface area is 148 Å². The lowest BCUT2D eigenvalue weighted by Crippen LogP contribution is -2.51. The van der Waals surface area contributed by atoms with Gasteiger partial charge in [0.1, 0.15) is 6.04 Å². The maximum absolute atomic E-state index is 12.0. The number of hydrogen-bond acceptors (Lipinski definition) is 4. The molecule has 3 amide bonds. The number of nitrogens with zero attached hydrogens (tertiary/aromatic N) is 1. The van der Waals surface area contributed by atoms with Crippen LogP contribution >= 0.6 is 0 Å². The molecule has 0 bridgehead atoms. The number of ether oxygens (including phenoxy) is 1. The van der Waals surface area contributed by atoms with Crippen molar-refractivity contribution in [3.05, 3.63) is 29.8 Å². The lowest BCUT2D eigenvalue weighted by atomic mass is 10.1. The van der Waals surface area contributed by atoms with E-state index in [4.69, 9.17) is 4.74 Å². The second kappa shape index (κ2) is 8.82. The molecule has 1 unspecified atom stereocenters. The maximum atomic E-state index is 12.0. The van der Waals surface area contributed by atoms with Gasteiger partial charge in [-0.1, -0.05) is 12.1 Å². The Hall–Kier alpha value is -2.12. The third kappa shape index (κ3) is 5.44. The van der Waals surface area contributed by atoms with E-state index in [9.17, 15) is 9.59 Å². The fraction of sp³-hybridized carbons (Fsp3) is 0.556. The van der Waals surface area contributed by atoms with Crippen LogP contribution in [-0.2, 0) is 16.0 Å². The van der Waals surface area contributed by atoms with E-state index in [0.717, 1.165) is 51.4 Å². The van der Waals surface area contributed by atoms with Gasteiger partial charge in [-0.15, -0.1) is 0 Å². The Kier molecular flexibility index (Phi) is 6.25. The Morgan fingerprint density at radius 2 is 2.00 bits per heavy atom. The lowest BCUT2D eigenvalue weighted by molar-refractivity contribution is -0.124. The fourth-order valence-electron chi connectivity index (χ4n) is 3.10. The first-order valence-electron chi connectivity index (χ1n) is 8.95. The van der Waals surface area contributed by atoms with E-state index in [1.807, 2.05) is 24.3 Å². The van der Waals surface area contributed by atoms with Crippen molar-refractivity contribution in [2.45, 2.75) is 25.3 Å². The molecule has 0 aliphatic carbocycles. The van der Waals surface area contributed by atoms with Crippen LogP contribution in [0.1, 0.15) is 18.4 Å². The number of hydrogen-bond donors (Lipinski definition) is 3. The first-order valence-corrected chi connectivity index (χ1v) is 8.95. The van der Waals surface area contributed by atoms with Crippen molar-refractivity contribution in [3.8, 4) is 0 Å². The van der Waals surface area contributed by atoms with Gasteiger partial charge in [-0.3, -0.25) is 9.69 Å². The van der Waals surface area contributed by atoms with Crippen LogP contribution in [0.3, 0.4) is 0 Å². The zero-order valence-electron chi connectivity index (χ0n) is 14.4. The zero-order chi connectivity index (χ0) is 17.5. The van der Waals surface area contributed by atoms with Crippen LogP contribution in [0.2, 0.25) is 0 Å². The molecule has 2 aliphatic rings. The van der Waals surface area contributed by atoms with Gasteiger partial charge in [-0.05, 0) is 37.0 Å². The van der Waals surface area contributed by atoms with E-state index in [0.29, 0.717) is 13.0 Å². The summed E-state index contributed by atoms with van der Waals surface area (Å²) in [7, 11) is 0. The molecular weight excluding hydrogens is 320 g/mol. The summed E-state index contributed by atoms with van der Waals surface area (Å²) in [5.74, 6) is -0.111. The van der Waals surface area contributed by atoms with Crippen LogP contribution < -0.4 is 16.0 Å². The minimum absolute atomic E-state index is 0.111. The van der Waals surface area contributed by atoms with E-state index in [1.165, 1.54) is 5.56 Å². The summed E-state index contributed by atoms with van der Waals surface area (Å²) in [6, 6.07) is 7.07. The maximum Gasteiger partial charge on any atom is 0.319 e. The standard InChI is InChI=1S/C18H26N4O3/c23-17-16(2-1-8-19-17)21-18(24)20-15-5-3-14(4-6-15)7-9-22-10-12-25-13-11-22/h3-6,16H,1-2,7-13H2,(H,19,23)(H2,20,21,24). The molecule has 1 aromatic carbocycles. The van der Waals surface area contributed by atoms with Gasteiger partial charge in [0.2, 0.25) is 5.91 Å². The molecular formula is C18H26N4O3. The number of anilines is 1. The van der Waals surface area contributed by atoms with Gasteiger partial charge in [0.15, 0.2) is 0 Å². The number of piperidine rings is 1. The molecule has 0 aromatic heterocycles. The molecule has 2 heterocycles. The molecule has 1 aromatic rings. The van der Waals surface area contributed by atoms with Crippen LogP contribution in [-0.4, -0.2) is 62.3 Å². The summed E-state index contributed by atoms with van der Waals surface area (Å²) in [6.07, 6.45) is 2.54. The van der Waals surface area contributed by atoms with Crippen LogP contribution in [0, 0.1) is 0 Å². The Balaban J connectivity index is 1.43. The molecule has 7 nitrogen and oxygen atoms in total. The molecule has 1 atom stereocenters. The van der Waals surface area contributed by atoms with Gasteiger partial charge in [-0.25, -0.2) is 4.79 Å². The average molecular weight is 346 g/mol. The van der Waals surface area contributed by atoms with Crippen molar-refractivity contribution in [2.75, 3.05) is 44.7 Å². The zero-order valence-corrected chi connectivity index (χ0v) is 14.4. The largest absolute Gasteiger partial charge is 0.379 e. The summed E-state index contributed by atoms with van der Waals surface area (Å²) in [4.78, 5) is 26.1. The summed E-state index contributed by atoms with van der Waals surface area (Å²) in [5, 5.41) is 8.26. The number of rotatable bonds is 5. The van der Waals surface area contributed by atoms with Crippen molar-refractivity contribution >= 4 is 17.6 Å². The molecule has 2 aliphatic heterocycles. The van der Waals surface area contributed by atoms with Gasteiger partial charge in [0.25, 0.3) is 0 Å². The van der Waals surface area contributed by atoms with Gasteiger partial charge in [0.05, 0.1) is 13.2 Å². The fourth-order valence-corrected chi connectivity index (χ4v) is 3.10. The topological polar surface area (TPSA) is 82.7 Å². The SMILES string of the molecule is O=C(Nc1ccc(CCN2CCOCC2)cc1)NC1CCCNC1=O. The van der Waals surface area contributed by atoms with Crippen LogP contribution in [0.25, 0.3) is 0 Å². The quantitative estimate of drug-likeness (QED) is 0.742. The van der Waals surface area contributed by atoms with E-state index >= 15 is 0 Å². The van der Waals surface area contributed by atoms with Gasteiger partial charge >= 0.3 is 6.03 Å². The highest BCUT2D eigenvalue weighted by Crippen LogP contribution is 2.11. The number of amides is 3. The second-order valence-electron chi connectivity index (χ2n) is 6.49. The molecule has 2 saturated heterocycles. The molecule has 0 radical (unpaired) electrons. The Morgan fingerprint density at radius 1 is 1.24 bits per heavy atom. The number of carbonyl (C=O) groups excluding carboxylic acids is 2. The van der Waals surface area contributed by atoms with Gasteiger partial charge in [-0.2, -0.15) is 0 Å². The minimum atomic E-state index is -0.443. The normalized spacial score (nSPS) is 21.4. The predicted molar refractivity (Wildman–Crippen MR) is 95.6 cm³/mol. The molecule has 136 valence electrons. The van der Waals surface area contributed by atoms with Crippen LogP contribution in [0.4, 0.5) is 10.5 Å². The summed E-state index contributed by atoms with van der Waals surface area (Å²) >= 11 is 0. The number of nitrogens with one attached hydrogen (secondary N) is 3. The number of morpholine rings is 1. The Morgan fingerprint density at radius 3 is 2.72 bits per heavy atom. The minimum Gasteiger partial charge on any atom is -0.379 e. The Bertz CT molecular complexity index is 584. The van der Waals surface area contributed by atoms with Crippen molar-refractivity contribution in [1.29, 1.82) is 0 Å². The van der Waals surface area contributed by atoms with Crippen molar-refractivity contribution < 1.29 is 14.3 Å². The van der Waals surface area contributed by atoms with Crippen molar-refractivity contribution in [1.82, 2.24) is 15.5 Å². The number of benzene rings is 1. The molecule has 7 heteroatoms. The summed E-state index contributed by atoms with van der Waals surface area (Å²) in [5.41, 5.74) is 1.97. The number of urea groups is 1. The van der Waals surface area contributed by atoms with E-state index in [2.05, 4.69) is 20.9 Å². The molecule has 3 rings (SSSR count). The highest BCUT2D eigenvalue weighted by atomic mass is 16.5. The highest BCUT2D eigenvalue weighted by molar-refractivity contribution is 5.93. The average Bonchev–Trinajstić information content (AvgIpc) is 2.64. The predicted octanol–water partition coefficient (Wildman–Crippen LogP) is 0.961. The van der Waals surface area contributed by atoms with E-state index < -0.39 is 6.04 Å². The summed E-state index contributed by atoms with van der Waals surface area (Å²) in [6.45, 7) is 5.33. The number of carbonyl (C=O) groups is 2. The molecule has 0 spiro atoms. The third-order valence-electron chi connectivity index (χ3n) is 4.62. The van der Waals surface area contributed by atoms with Crippen LogP contribution in [0.5, 0.6) is 0 Å². The monoisotopic (exact) mass is 346 g/mol. The van der Waals surface area contributed by atoms with Gasteiger partial charge in [0, 0.05) is 31.9 Å². The van der Waals surface area contributed by atoms with Crippen molar-refractivity contribution in [2.24, 2.45) is 0 Å².